The van der Waals surface area contributed by atoms with Crippen LogP contribution in [0.25, 0.3) is 21.3 Å². The fourth-order valence-corrected chi connectivity index (χ4v) is 4.83. The first kappa shape index (κ1) is 18.1. The van der Waals surface area contributed by atoms with Crippen molar-refractivity contribution in [3.8, 4) is 10.6 Å². The summed E-state index contributed by atoms with van der Waals surface area (Å²) in [7, 11) is 4.05. The highest BCUT2D eigenvalue weighted by molar-refractivity contribution is 7.13. The van der Waals surface area contributed by atoms with Crippen LogP contribution in [0.5, 0.6) is 0 Å². The minimum absolute atomic E-state index is 0.0194. The quantitative estimate of drug-likeness (QED) is 0.675. The van der Waals surface area contributed by atoms with E-state index in [-0.39, 0.29) is 5.91 Å². The number of hydrogen-bond acceptors (Lipinski definition) is 4. The number of rotatable bonds is 4. The molecule has 1 aliphatic heterocycles. The molecule has 140 valence electrons. The summed E-state index contributed by atoms with van der Waals surface area (Å²) in [5, 5.41) is 5.16. The van der Waals surface area contributed by atoms with E-state index in [1.54, 1.807) is 11.3 Å². The molecule has 5 heteroatoms. The largest absolute Gasteiger partial charge is 0.340 e. The summed E-state index contributed by atoms with van der Waals surface area (Å²) in [6.07, 6.45) is 2.41. The average Bonchev–Trinajstić information content (AvgIpc) is 3.17. The lowest BCUT2D eigenvalue weighted by Crippen LogP contribution is -2.40. The van der Waals surface area contributed by atoms with Gasteiger partial charge in [0.25, 0.3) is 5.91 Å². The molecule has 2 aromatic carbocycles. The predicted molar refractivity (Wildman–Crippen MR) is 112 cm³/mol. The van der Waals surface area contributed by atoms with Gasteiger partial charge in [0, 0.05) is 31.1 Å². The Morgan fingerprint density at radius 3 is 2.93 bits per heavy atom. The van der Waals surface area contributed by atoms with Crippen molar-refractivity contribution >= 4 is 28.0 Å². The van der Waals surface area contributed by atoms with E-state index in [0.29, 0.717) is 11.6 Å². The Hall–Kier alpha value is -2.24. The van der Waals surface area contributed by atoms with Crippen molar-refractivity contribution in [3.63, 3.8) is 0 Å². The zero-order chi connectivity index (χ0) is 18.8. The molecule has 0 spiro atoms. The van der Waals surface area contributed by atoms with Gasteiger partial charge in [-0.2, -0.15) is 0 Å². The second-order valence-corrected chi connectivity index (χ2v) is 8.38. The Balaban J connectivity index is 1.52. The third-order valence-electron chi connectivity index (χ3n) is 5.34. The monoisotopic (exact) mass is 379 g/mol. The van der Waals surface area contributed by atoms with Gasteiger partial charge in [-0.3, -0.25) is 4.79 Å². The molecule has 0 saturated carbocycles. The van der Waals surface area contributed by atoms with E-state index in [0.717, 1.165) is 30.2 Å². The standard InChI is InChI=1S/C22H25N3OS/c1-24-12-6-7-16(13-24)14-25(2)22(26)20-15-27-21(23-20)19-11-5-9-17-8-3-4-10-18(17)19/h3-5,8-11,15-16H,6-7,12-14H2,1-2H3. The summed E-state index contributed by atoms with van der Waals surface area (Å²) in [5.74, 6) is 0.569. The number of likely N-dealkylation sites (tertiary alicyclic amines) is 1. The molecule has 1 saturated heterocycles. The second-order valence-electron chi connectivity index (χ2n) is 7.52. The van der Waals surface area contributed by atoms with E-state index in [9.17, 15) is 4.79 Å². The van der Waals surface area contributed by atoms with Crippen molar-refractivity contribution in [2.75, 3.05) is 33.7 Å². The normalized spacial score (nSPS) is 17.9. The molecule has 4 nitrogen and oxygen atoms in total. The molecule has 2 heterocycles. The van der Waals surface area contributed by atoms with Gasteiger partial charge in [0.2, 0.25) is 0 Å². The summed E-state index contributed by atoms with van der Waals surface area (Å²) < 4.78 is 0. The fourth-order valence-electron chi connectivity index (χ4n) is 4.00. The van der Waals surface area contributed by atoms with E-state index in [2.05, 4.69) is 41.2 Å². The van der Waals surface area contributed by atoms with Crippen LogP contribution in [-0.2, 0) is 0 Å². The van der Waals surface area contributed by atoms with Crippen LogP contribution in [0.2, 0.25) is 0 Å². The molecule has 1 fully saturated rings. The minimum atomic E-state index is 0.0194. The first-order valence-electron chi connectivity index (χ1n) is 9.49. The lowest BCUT2D eigenvalue weighted by Gasteiger charge is -2.32. The van der Waals surface area contributed by atoms with Crippen LogP contribution in [0.4, 0.5) is 0 Å². The highest BCUT2D eigenvalue weighted by atomic mass is 32.1. The van der Waals surface area contributed by atoms with Crippen molar-refractivity contribution in [3.05, 3.63) is 53.5 Å². The number of carbonyl (C=O) groups excluding carboxylic acids is 1. The van der Waals surface area contributed by atoms with Gasteiger partial charge < -0.3 is 9.80 Å². The third kappa shape index (κ3) is 3.89. The Bertz CT molecular complexity index is 946. The number of thiazole rings is 1. The smallest absolute Gasteiger partial charge is 0.273 e. The molecule has 1 amide bonds. The van der Waals surface area contributed by atoms with E-state index in [1.807, 2.05) is 35.5 Å². The molecular weight excluding hydrogens is 354 g/mol. The second kappa shape index (κ2) is 7.79. The summed E-state index contributed by atoms with van der Waals surface area (Å²) in [4.78, 5) is 21.7. The van der Waals surface area contributed by atoms with Crippen LogP contribution in [0.15, 0.2) is 47.8 Å². The Morgan fingerprint density at radius 2 is 2.07 bits per heavy atom. The van der Waals surface area contributed by atoms with E-state index < -0.39 is 0 Å². The number of aromatic nitrogens is 1. The number of nitrogens with zero attached hydrogens (tertiary/aromatic N) is 3. The van der Waals surface area contributed by atoms with Crippen molar-refractivity contribution in [1.29, 1.82) is 0 Å². The molecule has 1 aliphatic rings. The van der Waals surface area contributed by atoms with E-state index >= 15 is 0 Å². The van der Waals surface area contributed by atoms with Crippen LogP contribution in [0, 0.1) is 5.92 Å². The van der Waals surface area contributed by atoms with Gasteiger partial charge in [0.1, 0.15) is 10.7 Å². The molecular formula is C22H25N3OS. The molecule has 0 bridgehead atoms. The van der Waals surface area contributed by atoms with Crippen molar-refractivity contribution in [1.82, 2.24) is 14.8 Å². The Morgan fingerprint density at radius 1 is 1.26 bits per heavy atom. The number of amides is 1. The molecule has 3 aromatic rings. The average molecular weight is 380 g/mol. The number of benzene rings is 2. The Labute approximate surface area is 164 Å². The van der Waals surface area contributed by atoms with Gasteiger partial charge in [-0.05, 0) is 43.1 Å². The SMILES string of the molecule is CN1CCCC(CN(C)C(=O)c2csc(-c3cccc4ccccc34)n2)C1. The van der Waals surface area contributed by atoms with Crippen LogP contribution in [0.1, 0.15) is 23.3 Å². The summed E-state index contributed by atoms with van der Waals surface area (Å²) >= 11 is 1.54. The lowest BCUT2D eigenvalue weighted by atomic mass is 9.98. The first-order chi connectivity index (χ1) is 13.1. The maximum absolute atomic E-state index is 12.9. The summed E-state index contributed by atoms with van der Waals surface area (Å²) in [6, 6.07) is 14.5. The van der Waals surface area contributed by atoms with Crippen LogP contribution < -0.4 is 0 Å². The molecule has 1 aromatic heterocycles. The zero-order valence-corrected chi connectivity index (χ0v) is 16.7. The fraction of sp³-hybridized carbons (Fsp3) is 0.364. The lowest BCUT2D eigenvalue weighted by molar-refractivity contribution is 0.0736. The molecule has 4 rings (SSSR count). The van der Waals surface area contributed by atoms with Crippen LogP contribution >= 0.6 is 11.3 Å². The van der Waals surface area contributed by atoms with E-state index in [4.69, 9.17) is 0 Å². The topological polar surface area (TPSA) is 36.4 Å². The number of fused-ring (bicyclic) bond motifs is 1. The van der Waals surface area contributed by atoms with Crippen molar-refractivity contribution in [2.45, 2.75) is 12.8 Å². The van der Waals surface area contributed by atoms with Crippen molar-refractivity contribution < 1.29 is 4.79 Å². The molecule has 0 N–H and O–H groups in total. The maximum Gasteiger partial charge on any atom is 0.273 e. The van der Waals surface area contributed by atoms with Gasteiger partial charge in [0.05, 0.1) is 0 Å². The van der Waals surface area contributed by atoms with Gasteiger partial charge in [-0.1, -0.05) is 42.5 Å². The number of hydrogen-bond donors (Lipinski definition) is 0. The maximum atomic E-state index is 12.9. The third-order valence-corrected chi connectivity index (χ3v) is 6.22. The highest BCUT2D eigenvalue weighted by Gasteiger charge is 2.23. The van der Waals surface area contributed by atoms with Crippen molar-refractivity contribution in [2.24, 2.45) is 5.92 Å². The van der Waals surface area contributed by atoms with E-state index in [1.165, 1.54) is 23.6 Å². The number of carbonyl (C=O) groups is 1. The minimum Gasteiger partial charge on any atom is -0.340 e. The summed E-state index contributed by atoms with van der Waals surface area (Å²) in [6.45, 7) is 3.02. The molecule has 0 radical (unpaired) electrons. The Kier molecular flexibility index (Phi) is 5.23. The van der Waals surface area contributed by atoms with Gasteiger partial charge >= 0.3 is 0 Å². The predicted octanol–water partition coefficient (Wildman–Crippen LogP) is 4.38. The van der Waals surface area contributed by atoms with Gasteiger partial charge in [-0.25, -0.2) is 4.98 Å². The first-order valence-corrected chi connectivity index (χ1v) is 10.4. The molecule has 1 atom stereocenters. The highest BCUT2D eigenvalue weighted by Crippen LogP contribution is 2.31. The van der Waals surface area contributed by atoms with Crippen LogP contribution in [-0.4, -0.2) is 54.4 Å². The molecule has 27 heavy (non-hydrogen) atoms. The zero-order valence-electron chi connectivity index (χ0n) is 15.9. The molecule has 1 unspecified atom stereocenters. The van der Waals surface area contributed by atoms with Crippen LogP contribution in [0.3, 0.4) is 0 Å². The van der Waals surface area contributed by atoms with Gasteiger partial charge in [-0.15, -0.1) is 11.3 Å². The summed E-state index contributed by atoms with van der Waals surface area (Å²) in [5.41, 5.74) is 1.64. The number of piperidine rings is 1. The van der Waals surface area contributed by atoms with Gasteiger partial charge in [0.15, 0.2) is 0 Å². The molecule has 0 aliphatic carbocycles.